The molecule has 0 radical (unpaired) electrons. The molecule has 1 aromatic heterocycles. The Morgan fingerprint density at radius 1 is 1.34 bits per heavy atom. The van der Waals surface area contributed by atoms with Gasteiger partial charge in [0.1, 0.15) is 5.69 Å². The first kappa shape index (κ1) is 22.1. The van der Waals surface area contributed by atoms with Gasteiger partial charge in [-0.15, -0.1) is 16.8 Å². The van der Waals surface area contributed by atoms with Crippen LogP contribution in [0.5, 0.6) is 11.5 Å². The fourth-order valence-electron chi connectivity index (χ4n) is 2.52. The van der Waals surface area contributed by atoms with Crippen LogP contribution in [0.15, 0.2) is 35.6 Å². The van der Waals surface area contributed by atoms with Crippen LogP contribution in [0.2, 0.25) is 0 Å². The number of carbonyl (C=O) groups excluding carboxylic acids is 1. The number of methoxy groups -OCH3 is 1. The molecule has 0 saturated heterocycles. The Kier molecular flexibility index (Phi) is 8.39. The van der Waals surface area contributed by atoms with Gasteiger partial charge in [-0.1, -0.05) is 13.0 Å². The van der Waals surface area contributed by atoms with Crippen molar-refractivity contribution in [1.82, 2.24) is 20.5 Å². The van der Waals surface area contributed by atoms with Crippen molar-refractivity contribution in [1.29, 1.82) is 0 Å². The van der Waals surface area contributed by atoms with Crippen molar-refractivity contribution in [2.75, 3.05) is 13.7 Å². The summed E-state index contributed by atoms with van der Waals surface area (Å²) in [5, 5.41) is 11.0. The van der Waals surface area contributed by atoms with Gasteiger partial charge in [0, 0.05) is 24.4 Å². The van der Waals surface area contributed by atoms with E-state index in [2.05, 4.69) is 27.1 Å². The zero-order chi connectivity index (χ0) is 21.2. The average Bonchev–Trinajstić information content (AvgIpc) is 2.73. The molecule has 8 nitrogen and oxygen atoms in total. The number of ether oxygens (including phenoxy) is 2. The van der Waals surface area contributed by atoms with Gasteiger partial charge in [0.05, 0.1) is 13.7 Å². The number of rotatable bonds is 11. The Labute approximate surface area is 170 Å². The number of nitrogens with one attached hydrogen (secondary N) is 2. The quantitative estimate of drug-likeness (QED) is 0.444. The molecule has 1 unspecified atom stereocenters. The van der Waals surface area contributed by atoms with Gasteiger partial charge in [-0.05, 0) is 38.0 Å². The molecule has 1 atom stereocenters. The van der Waals surface area contributed by atoms with E-state index in [4.69, 9.17) is 9.47 Å². The molecule has 0 fully saturated rings. The van der Waals surface area contributed by atoms with Crippen LogP contribution < -0.4 is 20.3 Å². The van der Waals surface area contributed by atoms with Crippen LogP contribution in [0.1, 0.15) is 38.8 Å². The van der Waals surface area contributed by atoms with Gasteiger partial charge in [-0.2, -0.15) is 0 Å². The number of hydrogen-bond donors (Lipinski definition) is 2. The molecular weight excluding hydrogens is 372 g/mol. The van der Waals surface area contributed by atoms with Gasteiger partial charge in [-0.3, -0.25) is 9.59 Å². The molecule has 0 spiro atoms. The fourth-order valence-corrected chi connectivity index (χ4v) is 2.52. The van der Waals surface area contributed by atoms with Crippen molar-refractivity contribution in [2.45, 2.75) is 45.6 Å². The van der Waals surface area contributed by atoms with Crippen molar-refractivity contribution >= 4 is 5.91 Å². The van der Waals surface area contributed by atoms with Crippen LogP contribution in [0.25, 0.3) is 11.4 Å². The smallest absolute Gasteiger partial charge is 0.273 e. The Morgan fingerprint density at radius 2 is 2.14 bits per heavy atom. The molecule has 2 N–H and O–H groups in total. The Morgan fingerprint density at radius 3 is 2.79 bits per heavy atom. The fraction of sp³-hybridized carbons (Fsp3) is 0.429. The Hall–Kier alpha value is -3.16. The molecular formula is C21H28N4O4. The standard InChI is InChI=1S/C21H28N4O4/c1-5-7-12-29-17-10-8-15(13-18(17)28-4)20-23-21(27)16(24-25-20)9-11-19(26)22-14(3)6-2/h5,8,10,13-14H,1,6-7,9,11-12H2,2-4H3,(H,22,26)(H,23,25,27). The lowest BCUT2D eigenvalue weighted by atomic mass is 10.2. The Balaban J connectivity index is 2.10. The SMILES string of the molecule is C=CCCOc1ccc(-c2nnc(CCC(=O)NC(C)CC)c(=O)[nH]2)cc1OC. The molecule has 0 saturated carbocycles. The lowest BCUT2D eigenvalue weighted by Gasteiger charge is -2.11. The maximum Gasteiger partial charge on any atom is 0.273 e. The van der Waals surface area contributed by atoms with E-state index in [0.717, 1.165) is 12.8 Å². The topological polar surface area (TPSA) is 106 Å². The van der Waals surface area contributed by atoms with E-state index in [9.17, 15) is 9.59 Å². The van der Waals surface area contributed by atoms with Gasteiger partial charge in [0.15, 0.2) is 17.3 Å². The normalized spacial score (nSPS) is 11.6. The summed E-state index contributed by atoms with van der Waals surface area (Å²) in [6.45, 7) is 8.08. The molecule has 1 aromatic carbocycles. The zero-order valence-electron chi connectivity index (χ0n) is 17.2. The Bertz CT molecular complexity index is 894. The second-order valence-corrected chi connectivity index (χ2v) is 6.62. The summed E-state index contributed by atoms with van der Waals surface area (Å²) in [4.78, 5) is 26.9. The molecule has 0 aliphatic carbocycles. The van der Waals surface area contributed by atoms with E-state index >= 15 is 0 Å². The highest BCUT2D eigenvalue weighted by Gasteiger charge is 2.13. The summed E-state index contributed by atoms with van der Waals surface area (Å²) < 4.78 is 11.0. The van der Waals surface area contributed by atoms with Crippen LogP contribution in [-0.4, -0.2) is 40.8 Å². The summed E-state index contributed by atoms with van der Waals surface area (Å²) >= 11 is 0. The van der Waals surface area contributed by atoms with E-state index in [0.29, 0.717) is 29.5 Å². The molecule has 0 bridgehead atoms. The molecule has 29 heavy (non-hydrogen) atoms. The minimum absolute atomic E-state index is 0.105. The number of aromatic nitrogens is 3. The van der Waals surface area contributed by atoms with Crippen LogP contribution in [0.3, 0.4) is 0 Å². The predicted octanol–water partition coefficient (Wildman–Crippen LogP) is 2.64. The molecule has 156 valence electrons. The average molecular weight is 400 g/mol. The van der Waals surface area contributed by atoms with Crippen LogP contribution in [0, 0.1) is 0 Å². The number of amides is 1. The first-order valence-electron chi connectivity index (χ1n) is 9.65. The minimum Gasteiger partial charge on any atom is -0.493 e. The van der Waals surface area contributed by atoms with E-state index < -0.39 is 0 Å². The number of nitrogens with zero attached hydrogens (tertiary/aromatic N) is 2. The first-order chi connectivity index (χ1) is 14.0. The highest BCUT2D eigenvalue weighted by Crippen LogP contribution is 2.31. The lowest BCUT2D eigenvalue weighted by Crippen LogP contribution is -2.32. The molecule has 2 rings (SSSR count). The van der Waals surface area contributed by atoms with Gasteiger partial charge in [0.25, 0.3) is 5.56 Å². The summed E-state index contributed by atoms with van der Waals surface area (Å²) in [7, 11) is 1.54. The van der Waals surface area contributed by atoms with Crippen molar-refractivity contribution in [2.24, 2.45) is 0 Å². The number of H-pyrrole nitrogens is 1. The highest BCUT2D eigenvalue weighted by molar-refractivity contribution is 5.76. The van der Waals surface area contributed by atoms with E-state index in [1.807, 2.05) is 13.8 Å². The van der Waals surface area contributed by atoms with Crippen molar-refractivity contribution < 1.29 is 14.3 Å². The third-order valence-electron chi connectivity index (χ3n) is 4.39. The van der Waals surface area contributed by atoms with Crippen molar-refractivity contribution in [3.05, 3.63) is 46.9 Å². The zero-order valence-corrected chi connectivity index (χ0v) is 17.2. The second-order valence-electron chi connectivity index (χ2n) is 6.62. The molecule has 1 heterocycles. The third kappa shape index (κ3) is 6.44. The van der Waals surface area contributed by atoms with E-state index in [1.54, 1.807) is 31.4 Å². The number of aromatic amines is 1. The number of aryl methyl sites for hydroxylation is 1. The monoisotopic (exact) mass is 400 g/mol. The van der Waals surface area contributed by atoms with Gasteiger partial charge in [0.2, 0.25) is 5.91 Å². The van der Waals surface area contributed by atoms with Crippen molar-refractivity contribution in [3.63, 3.8) is 0 Å². The summed E-state index contributed by atoms with van der Waals surface area (Å²) in [6.07, 6.45) is 3.76. The minimum atomic E-state index is -0.364. The number of carbonyl (C=O) groups is 1. The van der Waals surface area contributed by atoms with E-state index in [-0.39, 0.29) is 36.0 Å². The maximum atomic E-state index is 12.3. The highest BCUT2D eigenvalue weighted by atomic mass is 16.5. The molecule has 0 aliphatic heterocycles. The van der Waals surface area contributed by atoms with Gasteiger partial charge in [-0.25, -0.2) is 0 Å². The third-order valence-corrected chi connectivity index (χ3v) is 4.39. The lowest BCUT2D eigenvalue weighted by molar-refractivity contribution is -0.121. The number of hydrogen-bond acceptors (Lipinski definition) is 6. The molecule has 2 aromatic rings. The maximum absolute atomic E-state index is 12.3. The summed E-state index contributed by atoms with van der Waals surface area (Å²) in [5.74, 6) is 1.33. The van der Waals surface area contributed by atoms with Gasteiger partial charge >= 0.3 is 0 Å². The van der Waals surface area contributed by atoms with Gasteiger partial charge < -0.3 is 19.8 Å². The molecule has 1 amide bonds. The van der Waals surface area contributed by atoms with Crippen molar-refractivity contribution in [3.8, 4) is 22.9 Å². The predicted molar refractivity (Wildman–Crippen MR) is 111 cm³/mol. The summed E-state index contributed by atoms with van der Waals surface area (Å²) in [5.41, 5.74) is 0.504. The summed E-state index contributed by atoms with van der Waals surface area (Å²) in [6, 6.07) is 5.35. The number of benzene rings is 1. The van der Waals surface area contributed by atoms with E-state index in [1.165, 1.54) is 0 Å². The van der Waals surface area contributed by atoms with Crippen LogP contribution in [-0.2, 0) is 11.2 Å². The first-order valence-corrected chi connectivity index (χ1v) is 9.65. The van der Waals surface area contributed by atoms with Crippen LogP contribution in [0.4, 0.5) is 0 Å². The van der Waals surface area contributed by atoms with Crippen LogP contribution >= 0.6 is 0 Å². The largest absolute Gasteiger partial charge is 0.493 e. The molecule has 8 heteroatoms. The molecule has 0 aliphatic rings. The second kappa shape index (κ2) is 11.0.